The number of nitrogens with two attached hydrogens (primary N) is 1. The number of hydrogen-bond donors (Lipinski definition) is 1. The molecule has 1 heterocycles. The standard InChI is InChI=1S/C18H30N2O/c1-14(2)18-5-4-17(12-15(18)3)21-11-10-20-8-6-16(13-19)7-9-20/h4-5,12,14,16H,6-11,13,19H2,1-3H3. The zero-order valence-corrected chi connectivity index (χ0v) is 13.8. The number of ether oxygens (including phenoxy) is 1. The number of likely N-dealkylation sites (tertiary alicyclic amines) is 1. The molecule has 0 saturated carbocycles. The van der Waals surface area contributed by atoms with Crippen molar-refractivity contribution in [1.29, 1.82) is 0 Å². The second kappa shape index (κ2) is 7.81. The van der Waals surface area contributed by atoms with Crippen molar-refractivity contribution in [3.05, 3.63) is 29.3 Å². The minimum absolute atomic E-state index is 0.572. The largest absolute Gasteiger partial charge is 0.492 e. The van der Waals surface area contributed by atoms with Crippen LogP contribution in [0, 0.1) is 12.8 Å². The normalized spacial score (nSPS) is 17.4. The highest BCUT2D eigenvalue weighted by molar-refractivity contribution is 5.36. The second-order valence-electron chi connectivity index (χ2n) is 6.54. The van der Waals surface area contributed by atoms with E-state index in [0.717, 1.165) is 44.5 Å². The van der Waals surface area contributed by atoms with E-state index >= 15 is 0 Å². The Balaban J connectivity index is 1.75. The van der Waals surface area contributed by atoms with Crippen LogP contribution in [0.4, 0.5) is 0 Å². The van der Waals surface area contributed by atoms with Crippen LogP contribution in [-0.2, 0) is 0 Å². The predicted octanol–water partition coefficient (Wildman–Crippen LogP) is 3.17. The molecule has 0 spiro atoms. The van der Waals surface area contributed by atoms with Crippen molar-refractivity contribution in [1.82, 2.24) is 4.90 Å². The Bertz CT molecular complexity index is 437. The summed E-state index contributed by atoms with van der Waals surface area (Å²) in [4.78, 5) is 2.49. The number of rotatable bonds is 6. The molecule has 1 aromatic rings. The van der Waals surface area contributed by atoms with E-state index in [9.17, 15) is 0 Å². The molecule has 0 radical (unpaired) electrons. The van der Waals surface area contributed by atoms with Gasteiger partial charge in [0.15, 0.2) is 0 Å². The minimum atomic E-state index is 0.572. The summed E-state index contributed by atoms with van der Waals surface area (Å²) in [5.74, 6) is 2.30. The SMILES string of the molecule is Cc1cc(OCCN2CCC(CN)CC2)ccc1C(C)C. The first kappa shape index (κ1) is 16.3. The van der Waals surface area contributed by atoms with Crippen LogP contribution in [-0.4, -0.2) is 37.7 Å². The highest BCUT2D eigenvalue weighted by atomic mass is 16.5. The van der Waals surface area contributed by atoms with Gasteiger partial charge in [-0.15, -0.1) is 0 Å². The van der Waals surface area contributed by atoms with Gasteiger partial charge < -0.3 is 10.5 Å². The number of hydrogen-bond acceptors (Lipinski definition) is 3. The molecule has 0 bridgehead atoms. The molecular formula is C18H30N2O. The lowest BCUT2D eigenvalue weighted by atomic mass is 9.97. The van der Waals surface area contributed by atoms with Gasteiger partial charge in [-0.3, -0.25) is 4.90 Å². The second-order valence-corrected chi connectivity index (χ2v) is 6.54. The summed E-state index contributed by atoms with van der Waals surface area (Å²) in [6.45, 7) is 11.6. The predicted molar refractivity (Wildman–Crippen MR) is 89.0 cm³/mol. The summed E-state index contributed by atoms with van der Waals surface area (Å²) in [5.41, 5.74) is 8.46. The van der Waals surface area contributed by atoms with Crippen LogP contribution in [0.1, 0.15) is 43.7 Å². The van der Waals surface area contributed by atoms with E-state index in [0.29, 0.717) is 5.92 Å². The number of piperidine rings is 1. The fourth-order valence-electron chi connectivity index (χ4n) is 3.12. The average molecular weight is 290 g/mol. The molecule has 1 aromatic carbocycles. The van der Waals surface area contributed by atoms with E-state index in [-0.39, 0.29) is 0 Å². The number of aryl methyl sites for hydroxylation is 1. The van der Waals surface area contributed by atoms with Gasteiger partial charge in [-0.25, -0.2) is 0 Å². The zero-order valence-electron chi connectivity index (χ0n) is 13.8. The Morgan fingerprint density at radius 3 is 2.57 bits per heavy atom. The lowest BCUT2D eigenvalue weighted by Crippen LogP contribution is -2.38. The van der Waals surface area contributed by atoms with Crippen LogP contribution in [0.3, 0.4) is 0 Å². The van der Waals surface area contributed by atoms with E-state index in [4.69, 9.17) is 10.5 Å². The third-order valence-electron chi connectivity index (χ3n) is 4.58. The van der Waals surface area contributed by atoms with Crippen LogP contribution in [0.5, 0.6) is 5.75 Å². The quantitative estimate of drug-likeness (QED) is 0.874. The van der Waals surface area contributed by atoms with Crippen molar-refractivity contribution < 1.29 is 4.74 Å². The minimum Gasteiger partial charge on any atom is -0.492 e. The molecule has 3 heteroatoms. The highest BCUT2D eigenvalue weighted by Gasteiger charge is 2.17. The van der Waals surface area contributed by atoms with E-state index < -0.39 is 0 Å². The molecule has 0 aromatic heterocycles. The lowest BCUT2D eigenvalue weighted by Gasteiger charge is -2.31. The fourth-order valence-corrected chi connectivity index (χ4v) is 3.12. The first-order chi connectivity index (χ1) is 10.1. The first-order valence-corrected chi connectivity index (χ1v) is 8.26. The van der Waals surface area contributed by atoms with E-state index in [1.54, 1.807) is 0 Å². The molecule has 21 heavy (non-hydrogen) atoms. The van der Waals surface area contributed by atoms with Gasteiger partial charge in [0.2, 0.25) is 0 Å². The van der Waals surface area contributed by atoms with Gasteiger partial charge in [-0.1, -0.05) is 19.9 Å². The molecule has 1 fully saturated rings. The maximum atomic E-state index is 5.91. The Hall–Kier alpha value is -1.06. The Kier molecular flexibility index (Phi) is 6.07. The van der Waals surface area contributed by atoms with Gasteiger partial charge in [0.05, 0.1) is 0 Å². The van der Waals surface area contributed by atoms with E-state index in [1.165, 1.54) is 24.0 Å². The molecule has 0 unspecified atom stereocenters. The molecule has 1 aliphatic heterocycles. The van der Waals surface area contributed by atoms with Gasteiger partial charge in [-0.05, 0) is 74.5 Å². The van der Waals surface area contributed by atoms with Crippen LogP contribution in [0.2, 0.25) is 0 Å². The molecule has 1 saturated heterocycles. The fraction of sp³-hybridized carbons (Fsp3) is 0.667. The van der Waals surface area contributed by atoms with Crippen LogP contribution in [0.15, 0.2) is 18.2 Å². The topological polar surface area (TPSA) is 38.5 Å². The average Bonchev–Trinajstić information content (AvgIpc) is 2.47. The lowest BCUT2D eigenvalue weighted by molar-refractivity contribution is 0.157. The van der Waals surface area contributed by atoms with Crippen molar-refractivity contribution >= 4 is 0 Å². The van der Waals surface area contributed by atoms with Crippen molar-refractivity contribution in [3.8, 4) is 5.75 Å². The van der Waals surface area contributed by atoms with Crippen molar-refractivity contribution in [2.45, 2.75) is 39.5 Å². The van der Waals surface area contributed by atoms with Crippen molar-refractivity contribution in [2.24, 2.45) is 11.7 Å². The smallest absolute Gasteiger partial charge is 0.119 e. The summed E-state index contributed by atoms with van der Waals surface area (Å²) < 4.78 is 5.91. The summed E-state index contributed by atoms with van der Waals surface area (Å²) in [6, 6.07) is 6.46. The van der Waals surface area contributed by atoms with Crippen LogP contribution >= 0.6 is 0 Å². The molecule has 2 rings (SSSR count). The first-order valence-electron chi connectivity index (χ1n) is 8.26. The molecule has 2 N–H and O–H groups in total. The van der Waals surface area contributed by atoms with E-state index in [1.807, 2.05) is 0 Å². The van der Waals surface area contributed by atoms with Crippen LogP contribution < -0.4 is 10.5 Å². The van der Waals surface area contributed by atoms with Gasteiger partial charge >= 0.3 is 0 Å². The van der Waals surface area contributed by atoms with Crippen molar-refractivity contribution in [2.75, 3.05) is 32.8 Å². The van der Waals surface area contributed by atoms with Gasteiger partial charge in [0, 0.05) is 6.54 Å². The molecule has 3 nitrogen and oxygen atoms in total. The Morgan fingerprint density at radius 2 is 2.00 bits per heavy atom. The third-order valence-corrected chi connectivity index (χ3v) is 4.58. The molecule has 0 atom stereocenters. The Morgan fingerprint density at radius 1 is 1.29 bits per heavy atom. The number of nitrogens with zero attached hydrogens (tertiary/aromatic N) is 1. The van der Waals surface area contributed by atoms with Crippen molar-refractivity contribution in [3.63, 3.8) is 0 Å². The van der Waals surface area contributed by atoms with Gasteiger partial charge in [0.25, 0.3) is 0 Å². The monoisotopic (exact) mass is 290 g/mol. The Labute approximate surface area is 129 Å². The summed E-state index contributed by atoms with van der Waals surface area (Å²) in [6.07, 6.45) is 2.47. The summed E-state index contributed by atoms with van der Waals surface area (Å²) in [5, 5.41) is 0. The third kappa shape index (κ3) is 4.72. The molecule has 0 aliphatic carbocycles. The summed E-state index contributed by atoms with van der Waals surface area (Å²) in [7, 11) is 0. The molecule has 118 valence electrons. The molecular weight excluding hydrogens is 260 g/mol. The number of benzene rings is 1. The van der Waals surface area contributed by atoms with E-state index in [2.05, 4.69) is 43.9 Å². The maximum Gasteiger partial charge on any atom is 0.119 e. The van der Waals surface area contributed by atoms with Gasteiger partial charge in [0.1, 0.15) is 12.4 Å². The molecule has 1 aliphatic rings. The zero-order chi connectivity index (χ0) is 15.2. The highest BCUT2D eigenvalue weighted by Crippen LogP contribution is 2.23. The summed E-state index contributed by atoms with van der Waals surface area (Å²) >= 11 is 0. The maximum absolute atomic E-state index is 5.91. The molecule has 0 amide bonds. The van der Waals surface area contributed by atoms with Gasteiger partial charge in [-0.2, -0.15) is 0 Å². The van der Waals surface area contributed by atoms with Crippen LogP contribution in [0.25, 0.3) is 0 Å².